The summed E-state index contributed by atoms with van der Waals surface area (Å²) in [6.07, 6.45) is 4.54. The lowest BCUT2D eigenvalue weighted by Gasteiger charge is -2.27. The summed E-state index contributed by atoms with van der Waals surface area (Å²) >= 11 is 0. The van der Waals surface area contributed by atoms with E-state index in [1.807, 2.05) is 33.0 Å². The second-order valence-electron chi connectivity index (χ2n) is 5.09. The number of carbonyl (C=O) groups excluding carboxylic acids is 1. The maximum atomic E-state index is 11.2. The van der Waals surface area contributed by atoms with Crippen molar-refractivity contribution in [3.05, 3.63) is 30.1 Å². The van der Waals surface area contributed by atoms with E-state index in [4.69, 9.17) is 5.73 Å². The summed E-state index contributed by atoms with van der Waals surface area (Å²) in [5.41, 5.74) is 6.13. The molecule has 0 spiro atoms. The Morgan fingerprint density at radius 1 is 1.41 bits per heavy atom. The summed E-state index contributed by atoms with van der Waals surface area (Å²) in [5.74, 6) is -0.256. The fourth-order valence-corrected chi connectivity index (χ4v) is 1.70. The molecule has 0 aromatic carbocycles. The first-order valence-corrected chi connectivity index (χ1v) is 5.79. The van der Waals surface area contributed by atoms with Crippen LogP contribution in [0.5, 0.6) is 0 Å². The molecule has 0 aliphatic heterocycles. The van der Waals surface area contributed by atoms with E-state index in [-0.39, 0.29) is 5.91 Å². The van der Waals surface area contributed by atoms with Gasteiger partial charge in [-0.3, -0.25) is 9.78 Å². The van der Waals surface area contributed by atoms with E-state index >= 15 is 0 Å². The van der Waals surface area contributed by atoms with Gasteiger partial charge in [-0.25, -0.2) is 0 Å². The van der Waals surface area contributed by atoms with Crippen LogP contribution in [0.25, 0.3) is 0 Å². The molecule has 1 aromatic rings. The highest BCUT2D eigenvalue weighted by Gasteiger charge is 2.26. The smallest absolute Gasteiger partial charge is 0.224 e. The molecular formula is C13H21N3O. The van der Waals surface area contributed by atoms with E-state index < -0.39 is 5.41 Å². The molecule has 1 heterocycles. The number of rotatable bonds is 6. The maximum Gasteiger partial charge on any atom is 0.224 e. The first-order chi connectivity index (χ1) is 7.92. The Kier molecular flexibility index (Phi) is 4.63. The SMILES string of the molecule is CN(CCc1ccncc1)CC(C)(C)C(N)=O. The molecule has 1 rings (SSSR count). The van der Waals surface area contributed by atoms with Gasteiger partial charge in [0.2, 0.25) is 5.91 Å². The molecule has 0 aliphatic carbocycles. The Hall–Kier alpha value is -1.42. The van der Waals surface area contributed by atoms with Crippen molar-refractivity contribution in [1.82, 2.24) is 9.88 Å². The Bertz CT molecular complexity index is 362. The third-order valence-corrected chi connectivity index (χ3v) is 2.86. The number of carbonyl (C=O) groups is 1. The lowest BCUT2D eigenvalue weighted by atomic mass is 9.92. The molecule has 4 heteroatoms. The summed E-state index contributed by atoms with van der Waals surface area (Å²) in [6, 6.07) is 4.01. The summed E-state index contributed by atoms with van der Waals surface area (Å²) in [5, 5.41) is 0. The summed E-state index contributed by atoms with van der Waals surface area (Å²) < 4.78 is 0. The fourth-order valence-electron chi connectivity index (χ4n) is 1.70. The lowest BCUT2D eigenvalue weighted by Crippen LogP contribution is -2.41. The van der Waals surface area contributed by atoms with Gasteiger partial charge in [-0.05, 0) is 45.0 Å². The number of nitrogens with zero attached hydrogens (tertiary/aromatic N) is 2. The van der Waals surface area contributed by atoms with Gasteiger partial charge in [-0.1, -0.05) is 0 Å². The molecule has 94 valence electrons. The zero-order chi connectivity index (χ0) is 12.9. The largest absolute Gasteiger partial charge is 0.369 e. The van der Waals surface area contributed by atoms with Crippen LogP contribution in [-0.2, 0) is 11.2 Å². The van der Waals surface area contributed by atoms with Crippen LogP contribution in [0.1, 0.15) is 19.4 Å². The van der Waals surface area contributed by atoms with Crippen LogP contribution in [0.2, 0.25) is 0 Å². The number of amides is 1. The molecular weight excluding hydrogens is 214 g/mol. The minimum Gasteiger partial charge on any atom is -0.369 e. The molecule has 0 saturated heterocycles. The highest BCUT2D eigenvalue weighted by Crippen LogP contribution is 2.15. The predicted molar refractivity (Wildman–Crippen MR) is 68.4 cm³/mol. The third-order valence-electron chi connectivity index (χ3n) is 2.86. The Labute approximate surface area is 103 Å². The number of likely N-dealkylation sites (N-methyl/N-ethyl adjacent to an activating group) is 1. The Morgan fingerprint density at radius 3 is 2.53 bits per heavy atom. The molecule has 0 fully saturated rings. The van der Waals surface area contributed by atoms with Crippen molar-refractivity contribution in [3.8, 4) is 0 Å². The van der Waals surface area contributed by atoms with Crippen LogP contribution >= 0.6 is 0 Å². The minimum atomic E-state index is -0.479. The van der Waals surface area contributed by atoms with Gasteiger partial charge in [-0.2, -0.15) is 0 Å². The van der Waals surface area contributed by atoms with Gasteiger partial charge in [0.1, 0.15) is 0 Å². The first-order valence-electron chi connectivity index (χ1n) is 5.79. The molecule has 0 radical (unpaired) electrons. The highest BCUT2D eigenvalue weighted by molar-refractivity contribution is 5.80. The van der Waals surface area contributed by atoms with Gasteiger partial charge in [0.15, 0.2) is 0 Å². The second-order valence-corrected chi connectivity index (χ2v) is 5.09. The molecule has 0 atom stereocenters. The zero-order valence-electron chi connectivity index (χ0n) is 10.8. The van der Waals surface area contributed by atoms with Crippen LogP contribution in [0, 0.1) is 5.41 Å². The van der Waals surface area contributed by atoms with Crippen LogP contribution in [0.3, 0.4) is 0 Å². The van der Waals surface area contributed by atoms with Crippen molar-refractivity contribution in [2.75, 3.05) is 20.1 Å². The third kappa shape index (κ3) is 4.53. The summed E-state index contributed by atoms with van der Waals surface area (Å²) in [4.78, 5) is 17.3. The average Bonchev–Trinajstić information content (AvgIpc) is 2.27. The topological polar surface area (TPSA) is 59.2 Å². The lowest BCUT2D eigenvalue weighted by molar-refractivity contribution is -0.126. The molecule has 17 heavy (non-hydrogen) atoms. The molecule has 0 bridgehead atoms. The van der Waals surface area contributed by atoms with Crippen LogP contribution in [-0.4, -0.2) is 35.9 Å². The molecule has 2 N–H and O–H groups in total. The number of pyridine rings is 1. The molecule has 1 aromatic heterocycles. The van der Waals surface area contributed by atoms with Gasteiger partial charge in [-0.15, -0.1) is 0 Å². The zero-order valence-corrected chi connectivity index (χ0v) is 10.8. The van der Waals surface area contributed by atoms with E-state index in [1.165, 1.54) is 5.56 Å². The summed E-state index contributed by atoms with van der Waals surface area (Å²) in [7, 11) is 2.01. The Morgan fingerprint density at radius 2 is 2.00 bits per heavy atom. The molecule has 0 saturated carbocycles. The Balaban J connectivity index is 2.41. The highest BCUT2D eigenvalue weighted by atomic mass is 16.1. The molecule has 0 aliphatic rings. The van der Waals surface area contributed by atoms with E-state index in [2.05, 4.69) is 9.88 Å². The number of hydrogen-bond acceptors (Lipinski definition) is 3. The van der Waals surface area contributed by atoms with E-state index in [1.54, 1.807) is 12.4 Å². The van der Waals surface area contributed by atoms with Crippen molar-refractivity contribution in [3.63, 3.8) is 0 Å². The predicted octanol–water partition coefficient (Wildman–Crippen LogP) is 1.07. The van der Waals surface area contributed by atoms with Crippen molar-refractivity contribution in [1.29, 1.82) is 0 Å². The van der Waals surface area contributed by atoms with Crippen LogP contribution < -0.4 is 5.73 Å². The van der Waals surface area contributed by atoms with Crippen LogP contribution in [0.15, 0.2) is 24.5 Å². The normalized spacial score (nSPS) is 11.8. The van der Waals surface area contributed by atoms with Crippen molar-refractivity contribution in [2.24, 2.45) is 11.1 Å². The monoisotopic (exact) mass is 235 g/mol. The number of hydrogen-bond donors (Lipinski definition) is 1. The van der Waals surface area contributed by atoms with Crippen molar-refractivity contribution >= 4 is 5.91 Å². The standard InChI is InChI=1S/C13H21N3O/c1-13(2,12(14)17)10-16(3)9-6-11-4-7-15-8-5-11/h4-5,7-8H,6,9-10H2,1-3H3,(H2,14,17). The maximum absolute atomic E-state index is 11.2. The van der Waals surface area contributed by atoms with Gasteiger partial charge in [0, 0.05) is 25.5 Å². The number of nitrogens with two attached hydrogens (primary N) is 1. The van der Waals surface area contributed by atoms with Crippen molar-refractivity contribution in [2.45, 2.75) is 20.3 Å². The molecule has 0 unspecified atom stereocenters. The van der Waals surface area contributed by atoms with E-state index in [0.717, 1.165) is 13.0 Å². The van der Waals surface area contributed by atoms with E-state index in [9.17, 15) is 4.79 Å². The van der Waals surface area contributed by atoms with Gasteiger partial charge < -0.3 is 10.6 Å². The number of aromatic nitrogens is 1. The average molecular weight is 235 g/mol. The van der Waals surface area contributed by atoms with Crippen molar-refractivity contribution < 1.29 is 4.79 Å². The summed E-state index contributed by atoms with van der Waals surface area (Å²) in [6.45, 7) is 5.32. The quantitative estimate of drug-likeness (QED) is 0.802. The van der Waals surface area contributed by atoms with Gasteiger partial charge in [0.05, 0.1) is 5.41 Å². The second kappa shape index (κ2) is 5.77. The molecule has 4 nitrogen and oxygen atoms in total. The van der Waals surface area contributed by atoms with Crippen LogP contribution in [0.4, 0.5) is 0 Å². The molecule has 1 amide bonds. The van der Waals surface area contributed by atoms with Gasteiger partial charge in [0.25, 0.3) is 0 Å². The van der Waals surface area contributed by atoms with Gasteiger partial charge >= 0.3 is 0 Å². The first kappa shape index (κ1) is 13.6. The number of primary amides is 1. The van der Waals surface area contributed by atoms with E-state index in [0.29, 0.717) is 6.54 Å². The minimum absolute atomic E-state index is 0.256. The fraction of sp³-hybridized carbons (Fsp3) is 0.538.